The number of hydrogen-bond donors (Lipinski definition) is 1. The van der Waals surface area contributed by atoms with Crippen molar-refractivity contribution >= 4 is 6.03 Å². The zero-order valence-electron chi connectivity index (χ0n) is 19.3. The SMILES string of the molecule is COc1cc2c(c(OC)c1)[C@H](c1ccc(C#N)cc1)N(C(=O)N[C@@H]1C[C@H]1c1ccccc1)CC2. The highest BCUT2D eigenvalue weighted by atomic mass is 16.5. The average Bonchev–Trinajstić information content (AvgIpc) is 3.66. The van der Waals surface area contributed by atoms with Crippen LogP contribution in [0, 0.1) is 11.3 Å². The van der Waals surface area contributed by atoms with Gasteiger partial charge in [-0.15, -0.1) is 0 Å². The first kappa shape index (κ1) is 21.8. The van der Waals surface area contributed by atoms with E-state index in [1.165, 1.54) is 5.56 Å². The monoisotopic (exact) mass is 453 g/mol. The number of amides is 2. The largest absolute Gasteiger partial charge is 0.497 e. The second-order valence-corrected chi connectivity index (χ2v) is 8.79. The van der Waals surface area contributed by atoms with Gasteiger partial charge in [0.1, 0.15) is 11.5 Å². The van der Waals surface area contributed by atoms with E-state index in [2.05, 4.69) is 23.5 Å². The average molecular weight is 454 g/mol. The van der Waals surface area contributed by atoms with Gasteiger partial charge in [0, 0.05) is 30.1 Å². The molecule has 6 nitrogen and oxygen atoms in total. The first-order valence-corrected chi connectivity index (χ1v) is 11.5. The van der Waals surface area contributed by atoms with Crippen LogP contribution in [0.3, 0.4) is 0 Å². The van der Waals surface area contributed by atoms with E-state index >= 15 is 0 Å². The molecule has 3 aromatic rings. The lowest BCUT2D eigenvalue weighted by Gasteiger charge is -2.38. The van der Waals surface area contributed by atoms with Crippen LogP contribution in [0.5, 0.6) is 11.5 Å². The molecule has 1 fully saturated rings. The van der Waals surface area contributed by atoms with Crippen LogP contribution < -0.4 is 14.8 Å². The third-order valence-corrected chi connectivity index (χ3v) is 6.81. The molecule has 1 aliphatic heterocycles. The first-order valence-electron chi connectivity index (χ1n) is 11.5. The Morgan fingerprint density at radius 1 is 1.03 bits per heavy atom. The van der Waals surface area contributed by atoms with Gasteiger partial charge in [-0.05, 0) is 47.7 Å². The van der Waals surface area contributed by atoms with Gasteiger partial charge in [0.05, 0.1) is 31.9 Å². The van der Waals surface area contributed by atoms with Crippen molar-refractivity contribution < 1.29 is 14.3 Å². The van der Waals surface area contributed by atoms with Crippen LogP contribution in [0.25, 0.3) is 0 Å². The fraction of sp³-hybridized carbons (Fsp3) is 0.286. The van der Waals surface area contributed by atoms with E-state index in [1.807, 2.05) is 47.4 Å². The number of nitriles is 1. The molecule has 0 aromatic heterocycles. The van der Waals surface area contributed by atoms with E-state index in [9.17, 15) is 10.1 Å². The lowest BCUT2D eigenvalue weighted by molar-refractivity contribution is 0.178. The van der Waals surface area contributed by atoms with Crippen molar-refractivity contribution in [3.63, 3.8) is 0 Å². The van der Waals surface area contributed by atoms with Crippen LogP contribution in [0.2, 0.25) is 0 Å². The van der Waals surface area contributed by atoms with Gasteiger partial charge in [-0.3, -0.25) is 0 Å². The molecule has 0 spiro atoms. The summed E-state index contributed by atoms with van der Waals surface area (Å²) in [5.41, 5.74) is 4.84. The quantitative estimate of drug-likeness (QED) is 0.603. The molecule has 0 radical (unpaired) electrons. The summed E-state index contributed by atoms with van der Waals surface area (Å²) in [4.78, 5) is 15.4. The van der Waals surface area contributed by atoms with Gasteiger partial charge in [-0.25, -0.2) is 4.79 Å². The van der Waals surface area contributed by atoms with Crippen LogP contribution in [0.1, 0.15) is 46.2 Å². The van der Waals surface area contributed by atoms with Crippen molar-refractivity contribution in [2.75, 3.05) is 20.8 Å². The minimum Gasteiger partial charge on any atom is -0.497 e. The van der Waals surface area contributed by atoms with Gasteiger partial charge in [0.15, 0.2) is 0 Å². The standard InChI is InChI=1S/C28H27N3O3/c1-33-22-14-21-12-13-31(28(32)30-24-16-23(24)19-6-4-3-5-7-19)27(26(21)25(15-22)34-2)20-10-8-18(17-29)9-11-20/h3-11,14-15,23-24,27H,12-13,16H2,1-2H3,(H,30,32)/t23-,24+,27-/m0/s1. The van der Waals surface area contributed by atoms with Crippen LogP contribution in [0.4, 0.5) is 4.79 Å². The summed E-state index contributed by atoms with van der Waals surface area (Å²) in [5, 5.41) is 12.5. The molecule has 0 bridgehead atoms. The van der Waals surface area contributed by atoms with Crippen LogP contribution in [-0.4, -0.2) is 37.7 Å². The summed E-state index contributed by atoms with van der Waals surface area (Å²) in [5.74, 6) is 1.78. The third kappa shape index (κ3) is 4.06. The van der Waals surface area contributed by atoms with Crippen molar-refractivity contribution in [2.45, 2.75) is 30.8 Å². The molecule has 6 heteroatoms. The number of ether oxygens (including phenoxy) is 2. The highest BCUT2D eigenvalue weighted by Gasteiger charge is 2.42. The fourth-order valence-electron chi connectivity index (χ4n) is 4.96. The Kier molecular flexibility index (Phi) is 5.85. The summed E-state index contributed by atoms with van der Waals surface area (Å²) in [6.45, 7) is 0.572. The zero-order chi connectivity index (χ0) is 23.7. The summed E-state index contributed by atoms with van der Waals surface area (Å²) < 4.78 is 11.2. The number of carbonyl (C=O) groups excluding carboxylic acids is 1. The van der Waals surface area contributed by atoms with E-state index in [0.717, 1.165) is 28.9 Å². The molecule has 3 atom stereocenters. The van der Waals surface area contributed by atoms with Crippen molar-refractivity contribution in [1.29, 1.82) is 5.26 Å². The predicted molar refractivity (Wildman–Crippen MR) is 129 cm³/mol. The normalized spacial score (nSPS) is 20.6. The van der Waals surface area contributed by atoms with Crippen LogP contribution in [-0.2, 0) is 6.42 Å². The summed E-state index contributed by atoms with van der Waals surface area (Å²) in [7, 11) is 3.28. The number of nitrogens with one attached hydrogen (secondary N) is 1. The number of carbonyl (C=O) groups is 1. The number of methoxy groups -OCH3 is 2. The van der Waals surface area contributed by atoms with Crippen LogP contribution >= 0.6 is 0 Å². The predicted octanol–water partition coefficient (Wildman–Crippen LogP) is 4.79. The number of nitrogens with zero attached hydrogens (tertiary/aromatic N) is 2. The fourth-order valence-corrected chi connectivity index (χ4v) is 4.96. The van der Waals surface area contributed by atoms with Gasteiger partial charge in [0.25, 0.3) is 0 Å². The number of fused-ring (bicyclic) bond motifs is 1. The van der Waals surface area contributed by atoms with Crippen molar-refractivity contribution in [1.82, 2.24) is 10.2 Å². The molecular weight excluding hydrogens is 426 g/mol. The number of benzene rings is 3. The van der Waals surface area contributed by atoms with Gasteiger partial charge < -0.3 is 19.7 Å². The molecule has 5 rings (SSSR count). The molecule has 0 unspecified atom stereocenters. The second-order valence-electron chi connectivity index (χ2n) is 8.79. The molecule has 1 saturated carbocycles. The minimum atomic E-state index is -0.328. The van der Waals surface area contributed by atoms with E-state index in [-0.39, 0.29) is 18.1 Å². The Balaban J connectivity index is 1.48. The Hall–Kier alpha value is -3.98. The van der Waals surface area contributed by atoms with E-state index in [1.54, 1.807) is 26.4 Å². The van der Waals surface area contributed by atoms with Gasteiger partial charge >= 0.3 is 6.03 Å². The van der Waals surface area contributed by atoms with E-state index in [4.69, 9.17) is 9.47 Å². The maximum Gasteiger partial charge on any atom is 0.318 e. The first-order chi connectivity index (χ1) is 16.6. The summed E-state index contributed by atoms with van der Waals surface area (Å²) in [6, 6.07) is 23.5. The maximum absolute atomic E-state index is 13.6. The Labute approximate surface area is 199 Å². The van der Waals surface area contributed by atoms with Crippen molar-refractivity contribution in [3.05, 3.63) is 94.5 Å². The van der Waals surface area contributed by atoms with Crippen LogP contribution in [0.15, 0.2) is 66.7 Å². The maximum atomic E-state index is 13.6. The second kappa shape index (κ2) is 9.11. The van der Waals surface area contributed by atoms with E-state index < -0.39 is 0 Å². The molecule has 1 heterocycles. The molecule has 2 amide bonds. The number of urea groups is 1. The Bertz CT molecular complexity index is 1220. The number of rotatable bonds is 5. The van der Waals surface area contributed by atoms with Gasteiger partial charge in [-0.2, -0.15) is 5.26 Å². The lowest BCUT2D eigenvalue weighted by Crippen LogP contribution is -2.47. The highest BCUT2D eigenvalue weighted by Crippen LogP contribution is 2.44. The molecule has 2 aliphatic rings. The molecule has 172 valence electrons. The van der Waals surface area contributed by atoms with Crippen molar-refractivity contribution in [3.8, 4) is 17.6 Å². The molecular formula is C28H27N3O3. The zero-order valence-corrected chi connectivity index (χ0v) is 19.3. The number of hydrogen-bond acceptors (Lipinski definition) is 4. The topological polar surface area (TPSA) is 74.6 Å². The summed E-state index contributed by atoms with van der Waals surface area (Å²) in [6.07, 6.45) is 1.65. The van der Waals surface area contributed by atoms with Crippen molar-refractivity contribution in [2.24, 2.45) is 0 Å². The molecule has 0 saturated heterocycles. The minimum absolute atomic E-state index is 0.0821. The van der Waals surface area contributed by atoms with E-state index in [0.29, 0.717) is 30.2 Å². The third-order valence-electron chi connectivity index (χ3n) is 6.81. The molecule has 34 heavy (non-hydrogen) atoms. The highest BCUT2D eigenvalue weighted by molar-refractivity contribution is 5.77. The smallest absolute Gasteiger partial charge is 0.318 e. The van der Waals surface area contributed by atoms with Gasteiger partial charge in [0.2, 0.25) is 0 Å². The Morgan fingerprint density at radius 3 is 2.47 bits per heavy atom. The van der Waals surface area contributed by atoms with Gasteiger partial charge in [-0.1, -0.05) is 42.5 Å². The Morgan fingerprint density at radius 2 is 1.79 bits per heavy atom. The molecule has 3 aromatic carbocycles. The lowest BCUT2D eigenvalue weighted by atomic mass is 9.87. The molecule has 1 aliphatic carbocycles. The summed E-state index contributed by atoms with van der Waals surface area (Å²) >= 11 is 0. The molecule has 1 N–H and O–H groups in total.